The highest BCUT2D eigenvalue weighted by molar-refractivity contribution is 6.05. The van der Waals surface area contributed by atoms with Gasteiger partial charge in [0, 0.05) is 12.2 Å². The summed E-state index contributed by atoms with van der Waals surface area (Å²) in [6, 6.07) is 20.8. The first-order valence-corrected chi connectivity index (χ1v) is 9.40. The summed E-state index contributed by atoms with van der Waals surface area (Å²) in [5.74, 6) is -0.908. The number of hydrogen-bond acceptors (Lipinski definition) is 4. The zero-order chi connectivity index (χ0) is 20.8. The third-order valence-electron chi connectivity index (χ3n) is 4.60. The number of hydrogen-bond donors (Lipinski definition) is 0. The van der Waals surface area contributed by atoms with Crippen molar-refractivity contribution in [1.82, 2.24) is 0 Å². The highest BCUT2D eigenvalue weighted by Gasteiger charge is 2.19. The van der Waals surface area contributed by atoms with Crippen LogP contribution in [0, 0.1) is 25.2 Å². The van der Waals surface area contributed by atoms with Crippen molar-refractivity contribution in [3.05, 3.63) is 77.4 Å². The number of nitrogens with zero attached hydrogens (tertiary/aromatic N) is 2. The average Bonchev–Trinajstić information content (AvgIpc) is 2.71. The summed E-state index contributed by atoms with van der Waals surface area (Å²) in [4.78, 5) is 26.9. The molecule has 0 atom stereocenters. The number of nitriles is 1. The van der Waals surface area contributed by atoms with Gasteiger partial charge in [0.2, 0.25) is 0 Å². The van der Waals surface area contributed by atoms with Crippen molar-refractivity contribution >= 4 is 28.3 Å². The minimum Gasteiger partial charge on any atom is -0.452 e. The van der Waals surface area contributed by atoms with E-state index in [0.29, 0.717) is 11.3 Å². The summed E-state index contributed by atoms with van der Waals surface area (Å²) in [6.45, 7) is 3.75. The lowest BCUT2D eigenvalue weighted by atomic mass is 10.1. The van der Waals surface area contributed by atoms with Gasteiger partial charge in [-0.1, -0.05) is 42.5 Å². The van der Waals surface area contributed by atoms with Gasteiger partial charge in [-0.05, 0) is 53.9 Å². The zero-order valence-corrected chi connectivity index (χ0v) is 16.5. The van der Waals surface area contributed by atoms with Crippen molar-refractivity contribution in [3.8, 4) is 6.07 Å². The number of anilines is 1. The monoisotopic (exact) mass is 386 g/mol. The Morgan fingerprint density at radius 2 is 1.69 bits per heavy atom. The van der Waals surface area contributed by atoms with Crippen LogP contribution in [0.3, 0.4) is 0 Å². The van der Waals surface area contributed by atoms with Gasteiger partial charge in [-0.25, -0.2) is 4.79 Å². The number of fused-ring (bicyclic) bond motifs is 1. The average molecular weight is 386 g/mol. The van der Waals surface area contributed by atoms with Gasteiger partial charge in [-0.15, -0.1) is 0 Å². The van der Waals surface area contributed by atoms with Gasteiger partial charge < -0.3 is 9.64 Å². The molecule has 5 nitrogen and oxygen atoms in total. The molecule has 0 aliphatic heterocycles. The largest absolute Gasteiger partial charge is 0.452 e. The quantitative estimate of drug-likeness (QED) is 0.582. The van der Waals surface area contributed by atoms with E-state index >= 15 is 0 Å². The van der Waals surface area contributed by atoms with E-state index in [0.717, 1.165) is 21.9 Å². The fraction of sp³-hybridized carbons (Fsp3) is 0.208. The highest BCUT2D eigenvalue weighted by atomic mass is 16.5. The van der Waals surface area contributed by atoms with E-state index in [-0.39, 0.29) is 25.5 Å². The normalized spacial score (nSPS) is 10.4. The third kappa shape index (κ3) is 4.80. The number of benzene rings is 3. The number of esters is 1. The predicted molar refractivity (Wildman–Crippen MR) is 113 cm³/mol. The molecule has 0 aromatic heterocycles. The molecule has 0 N–H and O–H groups in total. The van der Waals surface area contributed by atoms with Gasteiger partial charge in [0.1, 0.15) is 0 Å². The van der Waals surface area contributed by atoms with E-state index in [2.05, 4.69) is 6.07 Å². The maximum Gasteiger partial charge on any atom is 0.339 e. The first-order valence-electron chi connectivity index (χ1n) is 9.40. The second kappa shape index (κ2) is 9.03. The Labute approximate surface area is 170 Å². The smallest absolute Gasteiger partial charge is 0.339 e. The number of carbonyl (C=O) groups excluding carboxylic acids is 2. The van der Waals surface area contributed by atoms with Crippen LogP contribution in [0.5, 0.6) is 0 Å². The standard InChI is InChI=1S/C24H22N2O3/c1-17-13-18(2)15-20(14-17)26(12-6-11-25)23(27)16-29-24(28)22-10-5-8-19-7-3-4-9-21(19)22/h3-5,7-10,13-15H,6,12,16H2,1-2H3. The second-order valence-corrected chi connectivity index (χ2v) is 6.90. The van der Waals surface area contributed by atoms with Gasteiger partial charge in [-0.2, -0.15) is 5.26 Å². The molecule has 0 heterocycles. The molecule has 0 aliphatic carbocycles. The van der Waals surface area contributed by atoms with Crippen LogP contribution in [-0.4, -0.2) is 25.0 Å². The molecule has 3 aromatic carbocycles. The fourth-order valence-corrected chi connectivity index (χ4v) is 3.35. The van der Waals surface area contributed by atoms with E-state index in [9.17, 15) is 9.59 Å². The minimum atomic E-state index is -0.546. The van der Waals surface area contributed by atoms with E-state index < -0.39 is 5.97 Å². The van der Waals surface area contributed by atoms with Crippen LogP contribution in [0.25, 0.3) is 10.8 Å². The van der Waals surface area contributed by atoms with Crippen molar-refractivity contribution in [2.75, 3.05) is 18.1 Å². The molecular weight excluding hydrogens is 364 g/mol. The summed E-state index contributed by atoms with van der Waals surface area (Å²) >= 11 is 0. The zero-order valence-electron chi connectivity index (χ0n) is 16.5. The van der Waals surface area contributed by atoms with Crippen molar-refractivity contribution in [3.63, 3.8) is 0 Å². The van der Waals surface area contributed by atoms with Crippen molar-refractivity contribution in [1.29, 1.82) is 5.26 Å². The number of carbonyl (C=O) groups is 2. The fourth-order valence-electron chi connectivity index (χ4n) is 3.35. The van der Waals surface area contributed by atoms with Gasteiger partial charge in [0.25, 0.3) is 5.91 Å². The minimum absolute atomic E-state index is 0.190. The summed E-state index contributed by atoms with van der Waals surface area (Å²) in [5, 5.41) is 10.7. The van der Waals surface area contributed by atoms with Gasteiger partial charge in [0.05, 0.1) is 18.1 Å². The van der Waals surface area contributed by atoms with E-state index in [1.54, 1.807) is 12.1 Å². The number of amides is 1. The Kier molecular flexibility index (Phi) is 6.25. The Morgan fingerprint density at radius 3 is 2.41 bits per heavy atom. The molecule has 29 heavy (non-hydrogen) atoms. The van der Waals surface area contributed by atoms with Crippen molar-refractivity contribution in [2.45, 2.75) is 20.3 Å². The van der Waals surface area contributed by atoms with Crippen LogP contribution >= 0.6 is 0 Å². The number of ether oxygens (including phenoxy) is 1. The molecule has 0 unspecified atom stereocenters. The Morgan fingerprint density at radius 1 is 1.00 bits per heavy atom. The predicted octanol–water partition coefficient (Wildman–Crippen LogP) is 4.56. The summed E-state index contributed by atoms with van der Waals surface area (Å²) in [7, 11) is 0. The van der Waals surface area contributed by atoms with Crippen LogP contribution in [-0.2, 0) is 9.53 Å². The van der Waals surface area contributed by atoms with E-state index in [4.69, 9.17) is 10.00 Å². The molecule has 1 amide bonds. The van der Waals surface area contributed by atoms with Crippen LogP contribution in [0.2, 0.25) is 0 Å². The van der Waals surface area contributed by atoms with Gasteiger partial charge in [0.15, 0.2) is 6.61 Å². The van der Waals surface area contributed by atoms with E-state index in [1.165, 1.54) is 4.90 Å². The lowest BCUT2D eigenvalue weighted by Gasteiger charge is -2.22. The Bertz CT molecular complexity index is 1070. The number of rotatable bonds is 6. The van der Waals surface area contributed by atoms with Crippen LogP contribution in [0.15, 0.2) is 60.7 Å². The molecule has 0 spiro atoms. The van der Waals surface area contributed by atoms with Crippen LogP contribution < -0.4 is 4.90 Å². The summed E-state index contributed by atoms with van der Waals surface area (Å²) in [6.07, 6.45) is 0.190. The molecule has 0 fully saturated rings. The molecule has 5 heteroatoms. The lowest BCUT2D eigenvalue weighted by Crippen LogP contribution is -2.35. The van der Waals surface area contributed by atoms with E-state index in [1.807, 2.05) is 62.4 Å². The maximum absolute atomic E-state index is 12.8. The molecule has 0 radical (unpaired) electrons. The van der Waals surface area contributed by atoms with Gasteiger partial charge >= 0.3 is 5.97 Å². The summed E-state index contributed by atoms with van der Waals surface area (Å²) < 4.78 is 5.33. The molecule has 146 valence electrons. The van der Waals surface area contributed by atoms with Crippen molar-refractivity contribution in [2.24, 2.45) is 0 Å². The lowest BCUT2D eigenvalue weighted by molar-refractivity contribution is -0.121. The number of aryl methyl sites for hydroxylation is 2. The molecule has 3 aromatic rings. The first-order chi connectivity index (χ1) is 14.0. The molecule has 0 aliphatic rings. The maximum atomic E-state index is 12.8. The molecular formula is C24H22N2O3. The molecule has 0 saturated heterocycles. The van der Waals surface area contributed by atoms with Crippen molar-refractivity contribution < 1.29 is 14.3 Å². The Hall–Kier alpha value is -3.65. The summed E-state index contributed by atoms with van der Waals surface area (Å²) in [5.41, 5.74) is 3.15. The van der Waals surface area contributed by atoms with Gasteiger partial charge in [-0.3, -0.25) is 4.79 Å². The molecule has 0 bridgehead atoms. The highest BCUT2D eigenvalue weighted by Crippen LogP contribution is 2.21. The third-order valence-corrected chi connectivity index (χ3v) is 4.60. The van der Waals surface area contributed by atoms with Crippen LogP contribution in [0.1, 0.15) is 27.9 Å². The Balaban J connectivity index is 1.77. The second-order valence-electron chi connectivity index (χ2n) is 6.90. The topological polar surface area (TPSA) is 70.4 Å². The van der Waals surface area contributed by atoms with Crippen LogP contribution in [0.4, 0.5) is 5.69 Å². The first kappa shape index (κ1) is 20.1. The SMILES string of the molecule is Cc1cc(C)cc(N(CCC#N)C(=O)COC(=O)c2cccc3ccccc23)c1. The molecule has 0 saturated carbocycles. The molecule has 3 rings (SSSR count).